The molecular formula is C23H29N3O3. The Bertz CT molecular complexity index is 788. The molecule has 6 heteroatoms. The third kappa shape index (κ3) is 6.52. The van der Waals surface area contributed by atoms with Gasteiger partial charge in [-0.25, -0.2) is 0 Å². The minimum atomic E-state index is -0.670. The number of nitrogens with two attached hydrogens (primary N) is 1. The standard InChI is InChI=1S/C23H29N3O3/c1-18(29-25-22(24)17-28-21-10-6-3-7-11-21)23(27)26-14-12-20(13-15-26)16-19-8-4-2-5-9-19/h2-11,18,20H,12-17H2,1H3,(H2,24,25). The van der Waals surface area contributed by atoms with Gasteiger partial charge in [0.2, 0.25) is 6.10 Å². The summed E-state index contributed by atoms with van der Waals surface area (Å²) in [6.45, 7) is 3.31. The quantitative estimate of drug-likeness (QED) is 0.423. The molecule has 0 aliphatic carbocycles. The zero-order valence-corrected chi connectivity index (χ0v) is 16.9. The van der Waals surface area contributed by atoms with Crippen LogP contribution < -0.4 is 10.5 Å². The number of amidine groups is 1. The van der Waals surface area contributed by atoms with Gasteiger partial charge in [-0.15, -0.1) is 0 Å². The Morgan fingerprint density at radius 1 is 1.10 bits per heavy atom. The van der Waals surface area contributed by atoms with Gasteiger partial charge in [0.15, 0.2) is 5.84 Å². The summed E-state index contributed by atoms with van der Waals surface area (Å²) in [4.78, 5) is 19.8. The first-order chi connectivity index (χ1) is 14.1. The number of amides is 1. The number of para-hydroxylation sites is 1. The number of rotatable bonds is 8. The second-order valence-electron chi connectivity index (χ2n) is 7.39. The molecule has 0 spiro atoms. The molecule has 3 rings (SSSR count). The van der Waals surface area contributed by atoms with E-state index in [2.05, 4.69) is 29.4 Å². The predicted octanol–water partition coefficient (Wildman–Crippen LogP) is 3.22. The van der Waals surface area contributed by atoms with E-state index in [0.29, 0.717) is 11.7 Å². The van der Waals surface area contributed by atoms with Crippen molar-refractivity contribution in [2.24, 2.45) is 16.8 Å². The summed E-state index contributed by atoms with van der Waals surface area (Å²) in [7, 11) is 0. The molecule has 1 fully saturated rings. The van der Waals surface area contributed by atoms with E-state index in [1.807, 2.05) is 41.3 Å². The van der Waals surface area contributed by atoms with Gasteiger partial charge in [-0.3, -0.25) is 4.79 Å². The highest BCUT2D eigenvalue weighted by molar-refractivity contribution is 5.82. The Balaban J connectivity index is 1.39. The van der Waals surface area contributed by atoms with E-state index in [1.54, 1.807) is 6.92 Å². The van der Waals surface area contributed by atoms with Crippen LogP contribution in [0, 0.1) is 5.92 Å². The minimum absolute atomic E-state index is 0.0521. The summed E-state index contributed by atoms with van der Waals surface area (Å²) in [5, 5.41) is 3.85. The molecule has 0 aromatic heterocycles. The van der Waals surface area contributed by atoms with Crippen LogP contribution in [-0.2, 0) is 16.1 Å². The lowest BCUT2D eigenvalue weighted by Gasteiger charge is -2.33. The molecule has 0 radical (unpaired) electrons. The third-order valence-electron chi connectivity index (χ3n) is 5.10. The van der Waals surface area contributed by atoms with Crippen LogP contribution in [0.5, 0.6) is 5.75 Å². The molecule has 1 aliphatic heterocycles. The molecule has 154 valence electrons. The Morgan fingerprint density at radius 2 is 1.72 bits per heavy atom. The number of piperidine rings is 1. The van der Waals surface area contributed by atoms with Crippen molar-refractivity contribution in [2.75, 3.05) is 19.7 Å². The smallest absolute Gasteiger partial charge is 0.266 e. The summed E-state index contributed by atoms with van der Waals surface area (Å²) in [6.07, 6.45) is 2.40. The predicted molar refractivity (Wildman–Crippen MR) is 114 cm³/mol. The van der Waals surface area contributed by atoms with Crippen LogP contribution in [0.1, 0.15) is 25.3 Å². The fourth-order valence-electron chi connectivity index (χ4n) is 3.45. The summed E-state index contributed by atoms with van der Waals surface area (Å²) in [6, 6.07) is 19.8. The first-order valence-corrected chi connectivity index (χ1v) is 10.1. The Morgan fingerprint density at radius 3 is 2.38 bits per heavy atom. The van der Waals surface area contributed by atoms with Gasteiger partial charge in [-0.05, 0) is 49.8 Å². The van der Waals surface area contributed by atoms with E-state index in [-0.39, 0.29) is 18.3 Å². The third-order valence-corrected chi connectivity index (χ3v) is 5.10. The lowest BCUT2D eigenvalue weighted by atomic mass is 9.90. The van der Waals surface area contributed by atoms with E-state index in [9.17, 15) is 4.79 Å². The van der Waals surface area contributed by atoms with Gasteiger partial charge in [0.05, 0.1) is 0 Å². The molecular weight excluding hydrogens is 366 g/mol. The van der Waals surface area contributed by atoms with Crippen molar-refractivity contribution in [2.45, 2.75) is 32.3 Å². The molecule has 1 amide bonds. The number of carbonyl (C=O) groups excluding carboxylic acids is 1. The number of nitrogens with zero attached hydrogens (tertiary/aromatic N) is 2. The molecule has 0 saturated carbocycles. The molecule has 2 N–H and O–H groups in total. The van der Waals surface area contributed by atoms with E-state index >= 15 is 0 Å². The highest BCUT2D eigenvalue weighted by Crippen LogP contribution is 2.22. The van der Waals surface area contributed by atoms with Gasteiger partial charge in [0.1, 0.15) is 12.4 Å². The van der Waals surface area contributed by atoms with E-state index < -0.39 is 6.10 Å². The first kappa shape index (κ1) is 20.7. The highest BCUT2D eigenvalue weighted by atomic mass is 16.6. The van der Waals surface area contributed by atoms with Crippen LogP contribution in [0.4, 0.5) is 0 Å². The maximum absolute atomic E-state index is 12.6. The Hall–Kier alpha value is -3.02. The Kier molecular flexibility index (Phi) is 7.50. The molecule has 1 atom stereocenters. The van der Waals surface area contributed by atoms with E-state index in [0.717, 1.165) is 32.4 Å². The van der Waals surface area contributed by atoms with Gasteiger partial charge in [-0.2, -0.15) is 0 Å². The number of likely N-dealkylation sites (tertiary alicyclic amines) is 1. The van der Waals surface area contributed by atoms with Crippen LogP contribution in [0.3, 0.4) is 0 Å². The first-order valence-electron chi connectivity index (χ1n) is 10.1. The summed E-state index contributed by atoms with van der Waals surface area (Å²) in [5.74, 6) is 1.45. The van der Waals surface area contributed by atoms with Crippen LogP contribution in [0.25, 0.3) is 0 Å². The zero-order chi connectivity index (χ0) is 20.5. The van der Waals surface area contributed by atoms with E-state index in [4.69, 9.17) is 15.3 Å². The number of ether oxygens (including phenoxy) is 1. The molecule has 1 aliphatic rings. The van der Waals surface area contributed by atoms with Crippen molar-refractivity contribution in [3.63, 3.8) is 0 Å². The highest BCUT2D eigenvalue weighted by Gasteiger charge is 2.27. The average Bonchev–Trinajstić information content (AvgIpc) is 2.77. The molecule has 0 bridgehead atoms. The number of carbonyl (C=O) groups is 1. The average molecular weight is 396 g/mol. The number of hydrogen-bond donors (Lipinski definition) is 1. The summed E-state index contributed by atoms with van der Waals surface area (Å²) >= 11 is 0. The molecule has 29 heavy (non-hydrogen) atoms. The SMILES string of the molecule is CC(O/N=C(\N)COc1ccccc1)C(=O)N1CCC(Cc2ccccc2)CC1. The molecule has 1 unspecified atom stereocenters. The van der Waals surface area contributed by atoms with Crippen molar-refractivity contribution in [3.8, 4) is 5.75 Å². The van der Waals surface area contributed by atoms with Gasteiger partial charge >= 0.3 is 0 Å². The molecule has 1 saturated heterocycles. The maximum atomic E-state index is 12.6. The van der Waals surface area contributed by atoms with Crippen LogP contribution in [-0.4, -0.2) is 42.4 Å². The summed E-state index contributed by atoms with van der Waals surface area (Å²) < 4.78 is 5.51. The maximum Gasteiger partial charge on any atom is 0.266 e. The normalized spacial score (nSPS) is 16.3. The molecule has 2 aromatic carbocycles. The fourth-order valence-corrected chi connectivity index (χ4v) is 3.45. The van der Waals surface area contributed by atoms with Crippen molar-refractivity contribution in [1.29, 1.82) is 0 Å². The summed E-state index contributed by atoms with van der Waals surface area (Å²) in [5.41, 5.74) is 7.17. The van der Waals surface area contributed by atoms with Crippen LogP contribution in [0.15, 0.2) is 65.8 Å². The van der Waals surface area contributed by atoms with Crippen LogP contribution in [0.2, 0.25) is 0 Å². The lowest BCUT2D eigenvalue weighted by Crippen LogP contribution is -2.43. The lowest BCUT2D eigenvalue weighted by molar-refractivity contribution is -0.144. The van der Waals surface area contributed by atoms with Gasteiger partial charge < -0.3 is 20.2 Å². The minimum Gasteiger partial charge on any atom is -0.486 e. The number of oxime groups is 1. The monoisotopic (exact) mass is 395 g/mol. The number of hydrogen-bond acceptors (Lipinski definition) is 4. The van der Waals surface area contributed by atoms with Gasteiger partial charge in [0.25, 0.3) is 5.91 Å². The van der Waals surface area contributed by atoms with Crippen molar-refractivity contribution in [3.05, 3.63) is 66.2 Å². The zero-order valence-electron chi connectivity index (χ0n) is 16.9. The van der Waals surface area contributed by atoms with Gasteiger partial charge in [0, 0.05) is 13.1 Å². The second kappa shape index (κ2) is 10.5. The second-order valence-corrected chi connectivity index (χ2v) is 7.39. The van der Waals surface area contributed by atoms with Crippen molar-refractivity contribution < 1.29 is 14.4 Å². The van der Waals surface area contributed by atoms with E-state index in [1.165, 1.54) is 5.56 Å². The molecule has 6 nitrogen and oxygen atoms in total. The van der Waals surface area contributed by atoms with Crippen molar-refractivity contribution in [1.82, 2.24) is 4.90 Å². The molecule has 1 heterocycles. The number of benzene rings is 2. The molecule has 2 aromatic rings. The van der Waals surface area contributed by atoms with Gasteiger partial charge in [-0.1, -0.05) is 53.7 Å². The largest absolute Gasteiger partial charge is 0.486 e. The van der Waals surface area contributed by atoms with Crippen molar-refractivity contribution >= 4 is 11.7 Å². The fraction of sp³-hybridized carbons (Fsp3) is 0.391. The van der Waals surface area contributed by atoms with Crippen LogP contribution >= 0.6 is 0 Å². The Labute approximate surface area is 172 Å². The topological polar surface area (TPSA) is 77.1 Å².